The van der Waals surface area contributed by atoms with Crippen LogP contribution in [0.5, 0.6) is 0 Å². The van der Waals surface area contributed by atoms with Crippen LogP contribution >= 0.6 is 0 Å². The highest BCUT2D eigenvalue weighted by molar-refractivity contribution is 6.22. The van der Waals surface area contributed by atoms with Crippen molar-refractivity contribution in [3.63, 3.8) is 0 Å². The molecule has 2 nitrogen and oxygen atoms in total. The standard InChI is InChI=1S/C60H39NO/c1-2-15-44-37-46(28-27-40(44)13-1)42-31-35-50(36-32-42)61(49-33-29-41(30-34-49)45-18-11-19-47(38-45)52-24-12-17-43-14-3-5-20-51(43)52)57-25-9-7-22-54(57)56-39-48-16-4-6-21-53(48)60-59(56)55-23-8-10-26-58(55)62-60/h1-39H. The van der Waals surface area contributed by atoms with Gasteiger partial charge in [-0.3, -0.25) is 0 Å². The van der Waals surface area contributed by atoms with E-state index < -0.39 is 0 Å². The highest BCUT2D eigenvalue weighted by Gasteiger charge is 2.22. The Balaban J connectivity index is 1.01. The molecule has 0 bridgehead atoms. The zero-order chi connectivity index (χ0) is 41.0. The molecule has 0 spiro atoms. The molecule has 0 saturated heterocycles. The zero-order valence-corrected chi connectivity index (χ0v) is 33.9. The maximum atomic E-state index is 6.68. The van der Waals surface area contributed by atoms with Crippen molar-refractivity contribution in [2.24, 2.45) is 0 Å². The summed E-state index contributed by atoms with van der Waals surface area (Å²) in [5, 5.41) is 9.48. The van der Waals surface area contributed by atoms with Crippen LogP contribution in [0.3, 0.4) is 0 Å². The molecule has 0 N–H and O–H groups in total. The van der Waals surface area contributed by atoms with Gasteiger partial charge in [0.2, 0.25) is 0 Å². The monoisotopic (exact) mass is 789 g/mol. The molecule has 0 atom stereocenters. The molecular weight excluding hydrogens is 751 g/mol. The third kappa shape index (κ3) is 6.12. The van der Waals surface area contributed by atoms with E-state index in [-0.39, 0.29) is 0 Å². The van der Waals surface area contributed by atoms with Crippen molar-refractivity contribution in [1.82, 2.24) is 0 Å². The Hall–Kier alpha value is -8.20. The normalized spacial score (nSPS) is 11.5. The molecular formula is C60H39NO. The summed E-state index contributed by atoms with van der Waals surface area (Å²) < 4.78 is 6.68. The van der Waals surface area contributed by atoms with Crippen LogP contribution in [-0.4, -0.2) is 0 Å². The summed E-state index contributed by atoms with van der Waals surface area (Å²) in [6, 6.07) is 85.5. The first kappa shape index (κ1) is 35.7. The van der Waals surface area contributed by atoms with Crippen LogP contribution in [0, 0.1) is 0 Å². The lowest BCUT2D eigenvalue weighted by Gasteiger charge is -2.28. The van der Waals surface area contributed by atoms with Gasteiger partial charge in [0.25, 0.3) is 0 Å². The van der Waals surface area contributed by atoms with E-state index in [9.17, 15) is 0 Å². The van der Waals surface area contributed by atoms with Gasteiger partial charge in [0.1, 0.15) is 11.2 Å². The van der Waals surface area contributed by atoms with Crippen molar-refractivity contribution in [3.8, 4) is 44.5 Å². The summed E-state index contributed by atoms with van der Waals surface area (Å²) in [5.41, 5.74) is 14.4. The first-order valence-corrected chi connectivity index (χ1v) is 21.2. The molecule has 0 radical (unpaired) electrons. The number of para-hydroxylation sites is 2. The second-order valence-corrected chi connectivity index (χ2v) is 16.1. The summed E-state index contributed by atoms with van der Waals surface area (Å²) in [4.78, 5) is 2.40. The minimum absolute atomic E-state index is 0.888. The van der Waals surface area contributed by atoms with Crippen LogP contribution in [0.4, 0.5) is 17.1 Å². The minimum atomic E-state index is 0.888. The van der Waals surface area contributed by atoms with Gasteiger partial charge in [-0.2, -0.15) is 0 Å². The Kier molecular flexibility index (Phi) is 8.53. The molecule has 1 heterocycles. The third-order valence-electron chi connectivity index (χ3n) is 12.4. The van der Waals surface area contributed by atoms with Crippen LogP contribution < -0.4 is 4.90 Å². The average molecular weight is 790 g/mol. The summed E-state index contributed by atoms with van der Waals surface area (Å²) in [6.45, 7) is 0. The highest BCUT2D eigenvalue weighted by Crippen LogP contribution is 2.47. The smallest absolute Gasteiger partial charge is 0.143 e. The number of benzene rings is 11. The number of furan rings is 1. The lowest BCUT2D eigenvalue weighted by Crippen LogP contribution is -2.11. The fourth-order valence-electron chi connectivity index (χ4n) is 9.41. The van der Waals surface area contributed by atoms with E-state index in [1.807, 2.05) is 6.07 Å². The lowest BCUT2D eigenvalue weighted by molar-refractivity contribution is 0.673. The van der Waals surface area contributed by atoms with Gasteiger partial charge in [0.15, 0.2) is 0 Å². The molecule has 12 rings (SSSR count). The van der Waals surface area contributed by atoms with Gasteiger partial charge in [-0.1, -0.05) is 182 Å². The van der Waals surface area contributed by atoms with Gasteiger partial charge in [-0.25, -0.2) is 0 Å². The van der Waals surface area contributed by atoms with Gasteiger partial charge < -0.3 is 9.32 Å². The van der Waals surface area contributed by atoms with Gasteiger partial charge in [0, 0.05) is 33.1 Å². The summed E-state index contributed by atoms with van der Waals surface area (Å²) in [6.07, 6.45) is 0. The topological polar surface area (TPSA) is 16.4 Å². The molecule has 0 saturated carbocycles. The van der Waals surface area contributed by atoms with E-state index in [4.69, 9.17) is 4.42 Å². The largest absolute Gasteiger partial charge is 0.455 e. The van der Waals surface area contributed by atoms with E-state index in [0.717, 1.165) is 66.5 Å². The van der Waals surface area contributed by atoms with E-state index in [2.05, 4.69) is 235 Å². The van der Waals surface area contributed by atoms with Crippen molar-refractivity contribution in [1.29, 1.82) is 0 Å². The highest BCUT2D eigenvalue weighted by atomic mass is 16.3. The number of nitrogens with zero attached hydrogens (tertiary/aromatic N) is 1. The number of rotatable bonds is 7. The summed E-state index contributed by atoms with van der Waals surface area (Å²) >= 11 is 0. The quantitative estimate of drug-likeness (QED) is 0.160. The van der Waals surface area contributed by atoms with Gasteiger partial charge in [-0.15, -0.1) is 0 Å². The first-order valence-electron chi connectivity index (χ1n) is 21.2. The molecule has 0 unspecified atom stereocenters. The predicted octanol–water partition coefficient (Wildman–Crippen LogP) is 17.2. The Morgan fingerprint density at radius 1 is 0.290 bits per heavy atom. The van der Waals surface area contributed by atoms with Gasteiger partial charge in [-0.05, 0) is 120 Å². The Bertz CT molecular complexity index is 3630. The molecule has 1 aromatic heterocycles. The lowest BCUT2D eigenvalue weighted by atomic mass is 9.93. The van der Waals surface area contributed by atoms with Crippen molar-refractivity contribution >= 4 is 71.3 Å². The van der Waals surface area contributed by atoms with Crippen molar-refractivity contribution < 1.29 is 4.42 Å². The molecule has 2 heteroatoms. The average Bonchev–Trinajstić information content (AvgIpc) is 3.74. The molecule has 0 amide bonds. The zero-order valence-electron chi connectivity index (χ0n) is 33.9. The third-order valence-corrected chi connectivity index (χ3v) is 12.4. The van der Waals surface area contributed by atoms with E-state index in [0.29, 0.717) is 0 Å². The molecule has 62 heavy (non-hydrogen) atoms. The molecule has 12 aromatic rings. The molecule has 11 aromatic carbocycles. The van der Waals surface area contributed by atoms with Crippen LogP contribution in [0.15, 0.2) is 241 Å². The molecule has 0 fully saturated rings. The SMILES string of the molecule is c1cc(-c2ccc(N(c3ccc(-c4ccc5ccccc5c4)cc3)c3ccccc3-c3cc4ccccc4c4oc5ccccc5c34)cc2)cc(-c2cccc3ccccc23)c1. The van der Waals surface area contributed by atoms with Crippen molar-refractivity contribution in [2.75, 3.05) is 4.90 Å². The predicted molar refractivity (Wildman–Crippen MR) is 263 cm³/mol. The van der Waals surface area contributed by atoms with Crippen LogP contribution in [0.1, 0.15) is 0 Å². The summed E-state index contributed by atoms with van der Waals surface area (Å²) in [5.74, 6) is 0. The van der Waals surface area contributed by atoms with Crippen LogP contribution in [-0.2, 0) is 0 Å². The van der Waals surface area contributed by atoms with Gasteiger partial charge >= 0.3 is 0 Å². The maximum absolute atomic E-state index is 6.68. The molecule has 290 valence electrons. The molecule has 0 aliphatic heterocycles. The van der Waals surface area contributed by atoms with E-state index in [1.165, 1.54) is 49.4 Å². The van der Waals surface area contributed by atoms with Gasteiger partial charge in [0.05, 0.1) is 5.69 Å². The van der Waals surface area contributed by atoms with E-state index >= 15 is 0 Å². The second-order valence-electron chi connectivity index (χ2n) is 16.1. The Morgan fingerprint density at radius 3 is 1.63 bits per heavy atom. The van der Waals surface area contributed by atoms with Crippen LogP contribution in [0.25, 0.3) is 98.8 Å². The number of hydrogen-bond acceptors (Lipinski definition) is 2. The number of anilines is 3. The van der Waals surface area contributed by atoms with Crippen LogP contribution in [0.2, 0.25) is 0 Å². The van der Waals surface area contributed by atoms with E-state index in [1.54, 1.807) is 0 Å². The van der Waals surface area contributed by atoms with Crippen molar-refractivity contribution in [2.45, 2.75) is 0 Å². The second kappa shape index (κ2) is 14.8. The Morgan fingerprint density at radius 2 is 0.839 bits per heavy atom. The fourth-order valence-corrected chi connectivity index (χ4v) is 9.41. The number of fused-ring (bicyclic) bond motifs is 7. The number of hydrogen-bond donors (Lipinski definition) is 0. The first-order chi connectivity index (χ1) is 30.7. The minimum Gasteiger partial charge on any atom is -0.455 e. The Labute approximate surface area is 360 Å². The molecule has 0 aliphatic carbocycles. The van der Waals surface area contributed by atoms with Crippen molar-refractivity contribution in [3.05, 3.63) is 237 Å². The summed E-state index contributed by atoms with van der Waals surface area (Å²) in [7, 11) is 0. The molecule has 0 aliphatic rings. The fraction of sp³-hybridized carbons (Fsp3) is 0. The maximum Gasteiger partial charge on any atom is 0.143 e.